The van der Waals surface area contributed by atoms with Gasteiger partial charge in [-0.2, -0.15) is 5.10 Å². The van der Waals surface area contributed by atoms with Crippen LogP contribution in [0.25, 0.3) is 5.52 Å². The fourth-order valence-electron chi connectivity index (χ4n) is 4.58. The molecule has 3 aromatic rings. The van der Waals surface area contributed by atoms with Gasteiger partial charge >= 0.3 is 0 Å². The van der Waals surface area contributed by atoms with Gasteiger partial charge in [-0.15, -0.1) is 0 Å². The molecule has 0 saturated carbocycles. The average Bonchev–Trinajstić information content (AvgIpc) is 3.45. The number of ether oxygens (including phenoxy) is 3. The van der Waals surface area contributed by atoms with Gasteiger partial charge in [0.05, 0.1) is 19.4 Å². The number of anilines is 1. The molecule has 0 aliphatic carbocycles. The van der Waals surface area contributed by atoms with Crippen molar-refractivity contribution in [3.8, 4) is 11.5 Å². The van der Waals surface area contributed by atoms with Crippen LogP contribution in [0.1, 0.15) is 35.0 Å². The lowest BCUT2D eigenvalue weighted by atomic mass is 9.97. The number of methoxy groups -OCH3 is 1. The average molecular weight is 427 g/mol. The first-order chi connectivity index (χ1) is 15.2. The maximum atomic E-state index is 12.8. The molecule has 5 rings (SSSR count). The van der Waals surface area contributed by atoms with Crippen molar-refractivity contribution in [1.82, 2.24) is 19.6 Å². The van der Waals surface area contributed by atoms with Gasteiger partial charge in [-0.05, 0) is 31.4 Å². The number of benzene rings is 1. The maximum Gasteiger partial charge on any atom is 0.166 e. The highest BCUT2D eigenvalue weighted by molar-refractivity contribution is 5.73. The van der Waals surface area contributed by atoms with Crippen molar-refractivity contribution >= 4 is 11.3 Å². The smallest absolute Gasteiger partial charge is 0.166 e. The number of rotatable bonds is 6. The fraction of sp³-hybridized carbons (Fsp3) is 0.500. The first-order valence-electron chi connectivity index (χ1n) is 10.6. The minimum atomic E-state index is -0.551. The van der Waals surface area contributed by atoms with E-state index in [-0.39, 0.29) is 12.5 Å². The molecule has 2 aliphatic heterocycles. The van der Waals surface area contributed by atoms with Gasteiger partial charge in [0.15, 0.2) is 17.3 Å². The van der Waals surface area contributed by atoms with Gasteiger partial charge in [0, 0.05) is 31.2 Å². The van der Waals surface area contributed by atoms with Crippen LogP contribution >= 0.6 is 0 Å². The Balaban J connectivity index is 1.57. The molecule has 164 valence electrons. The summed E-state index contributed by atoms with van der Waals surface area (Å²) in [6, 6.07) is 3.96. The highest BCUT2D eigenvalue weighted by atomic mass is 19.1. The normalized spacial score (nSPS) is 18.4. The Morgan fingerprint density at radius 1 is 1.32 bits per heavy atom. The van der Waals surface area contributed by atoms with E-state index in [1.165, 1.54) is 5.56 Å². The van der Waals surface area contributed by atoms with Crippen LogP contribution in [0.4, 0.5) is 10.2 Å². The molecule has 9 heteroatoms. The van der Waals surface area contributed by atoms with Gasteiger partial charge in [0.2, 0.25) is 0 Å². The molecule has 0 amide bonds. The second-order valence-corrected chi connectivity index (χ2v) is 7.89. The number of fused-ring (bicyclic) bond motifs is 2. The molecule has 1 saturated heterocycles. The third kappa shape index (κ3) is 3.46. The lowest BCUT2D eigenvalue weighted by molar-refractivity contribution is 0.193. The molecule has 31 heavy (non-hydrogen) atoms. The molecule has 1 fully saturated rings. The molecular weight excluding hydrogens is 401 g/mol. The van der Waals surface area contributed by atoms with Crippen molar-refractivity contribution in [2.75, 3.05) is 45.0 Å². The summed E-state index contributed by atoms with van der Waals surface area (Å²) < 4.78 is 31.6. The third-order valence-electron chi connectivity index (χ3n) is 6.08. The van der Waals surface area contributed by atoms with Crippen LogP contribution < -0.4 is 14.4 Å². The summed E-state index contributed by atoms with van der Waals surface area (Å²) in [6.07, 6.45) is 3.35. The summed E-state index contributed by atoms with van der Waals surface area (Å²) >= 11 is 0. The summed E-state index contributed by atoms with van der Waals surface area (Å²) in [5.41, 5.74) is 4.13. The van der Waals surface area contributed by atoms with E-state index in [2.05, 4.69) is 21.0 Å². The first kappa shape index (κ1) is 20.0. The van der Waals surface area contributed by atoms with E-state index in [4.69, 9.17) is 19.2 Å². The van der Waals surface area contributed by atoms with Crippen LogP contribution in [0.15, 0.2) is 18.5 Å². The van der Waals surface area contributed by atoms with Crippen molar-refractivity contribution in [2.24, 2.45) is 0 Å². The summed E-state index contributed by atoms with van der Waals surface area (Å²) in [5, 5.41) is 4.45. The van der Waals surface area contributed by atoms with E-state index in [1.54, 1.807) is 13.4 Å². The zero-order chi connectivity index (χ0) is 21.4. The summed E-state index contributed by atoms with van der Waals surface area (Å²) in [4.78, 5) is 11.7. The molecule has 2 aromatic heterocycles. The molecular formula is C22H26FN5O3. The summed E-state index contributed by atoms with van der Waals surface area (Å²) in [6.45, 7) is 4.22. The number of alkyl halides is 1. The van der Waals surface area contributed by atoms with E-state index in [0.29, 0.717) is 24.7 Å². The Labute approximate surface area is 180 Å². The number of hydrogen-bond acceptors (Lipinski definition) is 7. The van der Waals surface area contributed by atoms with Gasteiger partial charge in [0.1, 0.15) is 30.9 Å². The molecule has 2 aliphatic rings. The SMILES string of the molecule is COc1ccc2c(c1OCCF)CN(c1ncnn3c(C)nc([C@@H]4CCOC4)c13)CC2. The number of aryl methyl sites for hydroxylation is 1. The molecule has 0 bridgehead atoms. The molecule has 0 spiro atoms. The Bertz CT molecular complexity index is 1100. The van der Waals surface area contributed by atoms with E-state index >= 15 is 0 Å². The first-order valence-corrected chi connectivity index (χ1v) is 10.6. The van der Waals surface area contributed by atoms with Gasteiger partial charge in [-0.1, -0.05) is 6.07 Å². The van der Waals surface area contributed by atoms with Gasteiger partial charge in [0.25, 0.3) is 0 Å². The van der Waals surface area contributed by atoms with Crippen LogP contribution in [0.5, 0.6) is 11.5 Å². The van der Waals surface area contributed by atoms with E-state index in [1.807, 2.05) is 17.5 Å². The Hall–Kier alpha value is -2.94. The predicted molar refractivity (Wildman–Crippen MR) is 113 cm³/mol. The minimum absolute atomic E-state index is 0.00177. The quantitative estimate of drug-likeness (QED) is 0.599. The third-order valence-corrected chi connectivity index (χ3v) is 6.08. The van der Waals surface area contributed by atoms with Gasteiger partial charge in [-0.3, -0.25) is 0 Å². The number of aromatic nitrogens is 4. The highest BCUT2D eigenvalue weighted by Gasteiger charge is 2.30. The lowest BCUT2D eigenvalue weighted by Crippen LogP contribution is -2.32. The molecule has 1 atom stereocenters. The minimum Gasteiger partial charge on any atom is -0.493 e. The van der Waals surface area contributed by atoms with E-state index in [9.17, 15) is 4.39 Å². The van der Waals surface area contributed by atoms with Crippen LogP contribution in [0.2, 0.25) is 0 Å². The number of nitrogens with zero attached hydrogens (tertiary/aromatic N) is 5. The monoisotopic (exact) mass is 427 g/mol. The highest BCUT2D eigenvalue weighted by Crippen LogP contribution is 2.39. The van der Waals surface area contributed by atoms with Crippen molar-refractivity contribution in [3.05, 3.63) is 41.1 Å². The zero-order valence-electron chi connectivity index (χ0n) is 17.8. The predicted octanol–water partition coefficient (Wildman–Crippen LogP) is 2.86. The van der Waals surface area contributed by atoms with E-state index < -0.39 is 6.67 Å². The fourth-order valence-corrected chi connectivity index (χ4v) is 4.58. The molecule has 0 radical (unpaired) electrons. The van der Waals surface area contributed by atoms with Gasteiger partial charge in [-0.25, -0.2) is 18.9 Å². The van der Waals surface area contributed by atoms with Crippen molar-refractivity contribution in [1.29, 1.82) is 0 Å². The largest absolute Gasteiger partial charge is 0.493 e. The Kier molecular flexibility index (Phi) is 5.35. The Morgan fingerprint density at radius 2 is 2.23 bits per heavy atom. The van der Waals surface area contributed by atoms with Crippen molar-refractivity contribution in [3.63, 3.8) is 0 Å². The summed E-state index contributed by atoms with van der Waals surface area (Å²) in [5.74, 6) is 3.16. The number of hydrogen-bond donors (Lipinski definition) is 0. The van der Waals surface area contributed by atoms with Crippen LogP contribution in [-0.4, -0.2) is 59.7 Å². The van der Waals surface area contributed by atoms with Gasteiger partial charge < -0.3 is 19.1 Å². The zero-order valence-corrected chi connectivity index (χ0v) is 17.8. The van der Waals surface area contributed by atoms with Crippen molar-refractivity contribution < 1.29 is 18.6 Å². The maximum absolute atomic E-state index is 12.8. The molecule has 0 N–H and O–H groups in total. The standard InChI is InChI=1S/C22H26FN5O3/c1-14-26-19(16-6-9-30-12-16)20-22(24-13-25-28(14)20)27-8-5-15-3-4-18(29-2)21(17(15)11-27)31-10-7-23/h3-4,13,16H,5-12H2,1-2H3/t16-/m1/s1. The number of imidazole rings is 1. The summed E-state index contributed by atoms with van der Waals surface area (Å²) in [7, 11) is 1.60. The van der Waals surface area contributed by atoms with Crippen LogP contribution in [-0.2, 0) is 17.7 Å². The Morgan fingerprint density at radius 3 is 3.00 bits per heavy atom. The van der Waals surface area contributed by atoms with Crippen LogP contribution in [0.3, 0.4) is 0 Å². The lowest BCUT2D eigenvalue weighted by Gasteiger charge is -2.32. The topological polar surface area (TPSA) is 74.0 Å². The molecule has 1 aromatic carbocycles. The number of halogens is 1. The molecule has 0 unspecified atom stereocenters. The second kappa shape index (κ2) is 8.30. The van der Waals surface area contributed by atoms with E-state index in [0.717, 1.165) is 54.4 Å². The molecule has 4 heterocycles. The second-order valence-electron chi connectivity index (χ2n) is 7.89. The molecule has 8 nitrogen and oxygen atoms in total. The van der Waals surface area contributed by atoms with Crippen molar-refractivity contribution in [2.45, 2.75) is 32.2 Å². The van der Waals surface area contributed by atoms with Crippen LogP contribution in [0, 0.1) is 6.92 Å².